The lowest BCUT2D eigenvalue weighted by Crippen LogP contribution is -2.46. The summed E-state index contributed by atoms with van der Waals surface area (Å²) < 4.78 is 19.2. The molecule has 1 aliphatic rings. The number of thiocarbonyl (C=S) groups is 1. The lowest BCUT2D eigenvalue weighted by molar-refractivity contribution is -0.385. The van der Waals surface area contributed by atoms with Gasteiger partial charge in [0.25, 0.3) is 5.91 Å². The number of hydrogen-bond acceptors (Lipinski definition) is 7. The average molecular weight is 538 g/mol. The molecule has 198 valence electrons. The van der Waals surface area contributed by atoms with Crippen LogP contribution >= 0.6 is 12.2 Å². The van der Waals surface area contributed by atoms with Crippen molar-refractivity contribution in [3.63, 3.8) is 0 Å². The molecule has 1 amide bonds. The van der Waals surface area contributed by atoms with Crippen LogP contribution in [0.25, 0.3) is 0 Å². The van der Waals surface area contributed by atoms with E-state index < -0.39 is 10.8 Å². The molecule has 0 saturated carbocycles. The second-order valence-corrected chi connectivity index (χ2v) is 9.09. The molecule has 3 aromatic carbocycles. The van der Waals surface area contributed by atoms with Crippen molar-refractivity contribution in [2.75, 3.05) is 43.0 Å². The molecule has 0 aromatic heterocycles. The Morgan fingerprint density at radius 1 is 1.08 bits per heavy atom. The highest BCUT2D eigenvalue weighted by Crippen LogP contribution is 2.28. The second-order valence-electron chi connectivity index (χ2n) is 8.68. The molecule has 1 aliphatic heterocycles. The van der Waals surface area contributed by atoms with Gasteiger partial charge in [-0.05, 0) is 61.6 Å². The summed E-state index contributed by atoms with van der Waals surface area (Å²) in [5, 5.41) is 16.9. The molecule has 0 radical (unpaired) electrons. The van der Waals surface area contributed by atoms with Gasteiger partial charge in [0, 0.05) is 61.3 Å². The Balaban J connectivity index is 1.28. The second kappa shape index (κ2) is 12.4. The molecular formula is C27H28FN5O4S. The summed E-state index contributed by atoms with van der Waals surface area (Å²) in [4.78, 5) is 27.8. The number of rotatable bonds is 8. The van der Waals surface area contributed by atoms with Gasteiger partial charge in [-0.15, -0.1) is 0 Å². The van der Waals surface area contributed by atoms with Crippen molar-refractivity contribution in [1.82, 2.24) is 10.2 Å². The van der Waals surface area contributed by atoms with Crippen LogP contribution in [0.2, 0.25) is 0 Å². The van der Waals surface area contributed by atoms with Crippen LogP contribution in [0, 0.1) is 15.9 Å². The highest BCUT2D eigenvalue weighted by atomic mass is 32.1. The number of carbonyl (C=O) groups is 1. The van der Waals surface area contributed by atoms with E-state index in [0.717, 1.165) is 37.9 Å². The van der Waals surface area contributed by atoms with Crippen LogP contribution in [-0.2, 0) is 6.54 Å². The SMILES string of the molecule is CCOc1ccc(C(=O)NC(=S)Nc2ccc(N3CCN(Cc4ccccc4F)CC3)cc2)cc1[N+](=O)[O-]. The number of carbonyl (C=O) groups excluding carboxylic acids is 1. The van der Waals surface area contributed by atoms with Gasteiger partial charge in [-0.1, -0.05) is 18.2 Å². The van der Waals surface area contributed by atoms with Crippen molar-refractivity contribution in [1.29, 1.82) is 0 Å². The average Bonchev–Trinajstić information content (AvgIpc) is 2.91. The number of ether oxygens (including phenoxy) is 1. The summed E-state index contributed by atoms with van der Waals surface area (Å²) in [7, 11) is 0. The van der Waals surface area contributed by atoms with E-state index in [9.17, 15) is 19.3 Å². The predicted octanol–water partition coefficient (Wildman–Crippen LogP) is 4.58. The maximum Gasteiger partial charge on any atom is 0.311 e. The minimum atomic E-state index is -0.594. The van der Waals surface area contributed by atoms with E-state index in [4.69, 9.17) is 17.0 Å². The first-order chi connectivity index (χ1) is 18.3. The number of nitrogens with zero attached hydrogens (tertiary/aromatic N) is 3. The van der Waals surface area contributed by atoms with Gasteiger partial charge in [-0.2, -0.15) is 0 Å². The Morgan fingerprint density at radius 3 is 2.45 bits per heavy atom. The summed E-state index contributed by atoms with van der Waals surface area (Å²) in [6.07, 6.45) is 0. The van der Waals surface area contributed by atoms with E-state index in [1.165, 1.54) is 18.2 Å². The van der Waals surface area contributed by atoms with E-state index in [2.05, 4.69) is 20.4 Å². The van der Waals surface area contributed by atoms with Crippen LogP contribution in [0.1, 0.15) is 22.8 Å². The first-order valence-electron chi connectivity index (χ1n) is 12.2. The fourth-order valence-corrected chi connectivity index (χ4v) is 4.41. The van der Waals surface area contributed by atoms with Gasteiger partial charge >= 0.3 is 5.69 Å². The Hall–Kier alpha value is -4.09. The zero-order valence-corrected chi connectivity index (χ0v) is 21.7. The Morgan fingerprint density at radius 2 is 1.79 bits per heavy atom. The van der Waals surface area contributed by atoms with Gasteiger partial charge in [0.1, 0.15) is 5.82 Å². The van der Waals surface area contributed by atoms with E-state index in [0.29, 0.717) is 17.8 Å². The minimum Gasteiger partial charge on any atom is -0.487 e. The van der Waals surface area contributed by atoms with Crippen molar-refractivity contribution in [3.05, 3.63) is 93.8 Å². The van der Waals surface area contributed by atoms with Crippen LogP contribution < -0.4 is 20.3 Å². The fourth-order valence-electron chi connectivity index (χ4n) is 4.20. The van der Waals surface area contributed by atoms with Crippen molar-refractivity contribution in [2.45, 2.75) is 13.5 Å². The van der Waals surface area contributed by atoms with Crippen molar-refractivity contribution >= 4 is 40.3 Å². The van der Waals surface area contributed by atoms with Crippen molar-refractivity contribution in [2.24, 2.45) is 0 Å². The zero-order valence-electron chi connectivity index (χ0n) is 20.9. The van der Waals surface area contributed by atoms with Crippen LogP contribution in [-0.4, -0.2) is 53.6 Å². The molecule has 0 aliphatic carbocycles. The first kappa shape index (κ1) is 27.0. The predicted molar refractivity (Wildman–Crippen MR) is 148 cm³/mol. The van der Waals surface area contributed by atoms with E-state index in [-0.39, 0.29) is 34.5 Å². The molecule has 0 spiro atoms. The van der Waals surface area contributed by atoms with Crippen molar-refractivity contribution in [3.8, 4) is 5.75 Å². The number of benzene rings is 3. The number of halogens is 1. The molecule has 1 saturated heterocycles. The van der Waals surface area contributed by atoms with Crippen LogP contribution in [0.15, 0.2) is 66.7 Å². The van der Waals surface area contributed by atoms with Crippen LogP contribution in [0.5, 0.6) is 5.75 Å². The molecular weight excluding hydrogens is 509 g/mol. The third-order valence-corrected chi connectivity index (χ3v) is 6.36. The number of nitro benzene ring substituents is 1. The van der Waals surface area contributed by atoms with E-state index in [1.807, 2.05) is 36.4 Å². The number of amides is 1. The Labute approximate surface area is 225 Å². The lowest BCUT2D eigenvalue weighted by atomic mass is 10.1. The van der Waals surface area contributed by atoms with Gasteiger partial charge in [0.15, 0.2) is 10.9 Å². The van der Waals surface area contributed by atoms with E-state index in [1.54, 1.807) is 13.0 Å². The molecule has 0 bridgehead atoms. The molecule has 38 heavy (non-hydrogen) atoms. The molecule has 1 heterocycles. The standard InChI is InChI=1S/C27H28FN5O4S/c1-2-37-25-12-7-19(17-24(25)33(35)36)26(34)30-27(38)29-21-8-10-22(11-9-21)32-15-13-31(14-16-32)18-20-5-3-4-6-23(20)28/h3-12,17H,2,13-16,18H2,1H3,(H2,29,30,34,38). The van der Waals surface area contributed by atoms with Gasteiger partial charge in [0.2, 0.25) is 0 Å². The monoisotopic (exact) mass is 537 g/mol. The third-order valence-electron chi connectivity index (χ3n) is 6.16. The van der Waals surface area contributed by atoms with Gasteiger partial charge in [-0.3, -0.25) is 25.1 Å². The van der Waals surface area contributed by atoms with Gasteiger partial charge in [0.05, 0.1) is 11.5 Å². The molecule has 2 N–H and O–H groups in total. The molecule has 0 unspecified atom stereocenters. The maximum atomic E-state index is 14.0. The number of anilines is 2. The number of piperazine rings is 1. The fraction of sp³-hybridized carbons (Fsp3) is 0.259. The summed E-state index contributed by atoms with van der Waals surface area (Å²) in [5.74, 6) is -0.646. The topological polar surface area (TPSA) is 100.0 Å². The minimum absolute atomic E-state index is 0.0704. The summed E-state index contributed by atoms with van der Waals surface area (Å²) in [5.41, 5.74) is 2.25. The lowest BCUT2D eigenvalue weighted by Gasteiger charge is -2.36. The quantitative estimate of drug-likeness (QED) is 0.245. The zero-order chi connectivity index (χ0) is 27.1. The van der Waals surface area contributed by atoms with Crippen molar-refractivity contribution < 1.29 is 18.8 Å². The number of nitro groups is 1. The maximum absolute atomic E-state index is 14.0. The van der Waals surface area contributed by atoms with Crippen LogP contribution in [0.4, 0.5) is 21.5 Å². The normalized spacial score (nSPS) is 13.6. The largest absolute Gasteiger partial charge is 0.487 e. The first-order valence-corrected chi connectivity index (χ1v) is 12.6. The summed E-state index contributed by atoms with van der Waals surface area (Å²) in [6, 6.07) is 18.5. The summed E-state index contributed by atoms with van der Waals surface area (Å²) >= 11 is 5.25. The number of hydrogen-bond donors (Lipinski definition) is 2. The molecule has 3 aromatic rings. The molecule has 4 rings (SSSR count). The molecule has 11 heteroatoms. The third kappa shape index (κ3) is 6.81. The van der Waals surface area contributed by atoms with E-state index >= 15 is 0 Å². The Kier molecular flexibility index (Phi) is 8.82. The van der Waals surface area contributed by atoms with Crippen LogP contribution in [0.3, 0.4) is 0 Å². The summed E-state index contributed by atoms with van der Waals surface area (Å²) in [6.45, 7) is 5.88. The molecule has 0 atom stereocenters. The number of nitrogens with one attached hydrogen (secondary N) is 2. The highest BCUT2D eigenvalue weighted by Gasteiger charge is 2.20. The smallest absolute Gasteiger partial charge is 0.311 e. The highest BCUT2D eigenvalue weighted by molar-refractivity contribution is 7.80. The Bertz CT molecular complexity index is 1310. The van der Waals surface area contributed by atoms with Gasteiger partial charge < -0.3 is 15.0 Å². The van der Waals surface area contributed by atoms with Gasteiger partial charge in [-0.25, -0.2) is 4.39 Å². The molecule has 1 fully saturated rings. The molecule has 9 nitrogen and oxygen atoms in total.